The number of carbonyl (C=O) groups excluding carboxylic acids is 1. The van der Waals surface area contributed by atoms with Gasteiger partial charge in [0, 0.05) is 30.7 Å². The van der Waals surface area contributed by atoms with Crippen LogP contribution in [0.25, 0.3) is 0 Å². The minimum Gasteiger partial charge on any atom is -0.356 e. The fourth-order valence-corrected chi connectivity index (χ4v) is 3.23. The van der Waals surface area contributed by atoms with Crippen LogP contribution in [-0.2, 0) is 6.42 Å². The van der Waals surface area contributed by atoms with Gasteiger partial charge in [-0.1, -0.05) is 30.7 Å². The number of hydrogen-bond acceptors (Lipinski definition) is 4. The van der Waals surface area contributed by atoms with Gasteiger partial charge in [-0.25, -0.2) is 9.97 Å². The van der Waals surface area contributed by atoms with E-state index in [-0.39, 0.29) is 5.91 Å². The number of rotatable bonds is 5. The molecule has 0 spiro atoms. The Bertz CT molecular complexity index is 720. The van der Waals surface area contributed by atoms with E-state index in [1.165, 1.54) is 12.7 Å². The predicted octanol–water partition coefficient (Wildman–Crippen LogP) is 3.34. The van der Waals surface area contributed by atoms with Gasteiger partial charge in [0.05, 0.1) is 0 Å². The SMILES string of the molecule is CC1CCCN(c2cc(C(=O)NCCc3ccc(Cl)cc3)ncn2)C1. The lowest BCUT2D eigenvalue weighted by Crippen LogP contribution is -2.35. The molecule has 1 unspecified atom stereocenters. The number of anilines is 1. The zero-order chi connectivity index (χ0) is 17.6. The summed E-state index contributed by atoms with van der Waals surface area (Å²) < 4.78 is 0. The van der Waals surface area contributed by atoms with Gasteiger partial charge in [-0.15, -0.1) is 0 Å². The Morgan fingerprint density at radius 2 is 2.12 bits per heavy atom. The molecule has 0 radical (unpaired) electrons. The second kappa shape index (κ2) is 8.30. The third-order valence-corrected chi connectivity index (χ3v) is 4.73. The minimum atomic E-state index is -0.164. The standard InChI is InChI=1S/C19H23ClN4O/c1-14-3-2-10-24(12-14)18-11-17(22-13-23-18)19(25)21-9-8-15-4-6-16(20)7-5-15/h4-7,11,13-14H,2-3,8-10,12H2,1H3,(H,21,25). The first-order valence-electron chi connectivity index (χ1n) is 8.71. The molecule has 1 fully saturated rings. The van der Waals surface area contributed by atoms with Crippen LogP contribution in [0, 0.1) is 5.92 Å². The highest BCUT2D eigenvalue weighted by Gasteiger charge is 2.19. The van der Waals surface area contributed by atoms with Gasteiger partial charge in [0.2, 0.25) is 0 Å². The monoisotopic (exact) mass is 358 g/mol. The highest BCUT2D eigenvalue weighted by Crippen LogP contribution is 2.21. The Kier molecular flexibility index (Phi) is 5.87. The highest BCUT2D eigenvalue weighted by molar-refractivity contribution is 6.30. The zero-order valence-corrected chi connectivity index (χ0v) is 15.2. The first-order valence-corrected chi connectivity index (χ1v) is 9.09. The summed E-state index contributed by atoms with van der Waals surface area (Å²) in [6.45, 7) is 4.77. The van der Waals surface area contributed by atoms with E-state index < -0.39 is 0 Å². The Morgan fingerprint density at radius 3 is 2.88 bits per heavy atom. The second-order valence-corrected chi connectivity index (χ2v) is 7.02. The van der Waals surface area contributed by atoms with E-state index in [0.717, 1.165) is 37.3 Å². The minimum absolute atomic E-state index is 0.164. The molecule has 0 aliphatic carbocycles. The third-order valence-electron chi connectivity index (χ3n) is 4.48. The molecule has 1 aliphatic rings. The Morgan fingerprint density at radius 1 is 1.32 bits per heavy atom. The van der Waals surface area contributed by atoms with E-state index in [0.29, 0.717) is 23.2 Å². The van der Waals surface area contributed by atoms with Gasteiger partial charge in [0.25, 0.3) is 5.91 Å². The third kappa shape index (κ3) is 4.92. The number of carbonyl (C=O) groups is 1. The van der Waals surface area contributed by atoms with Crippen LogP contribution in [0.4, 0.5) is 5.82 Å². The molecule has 1 N–H and O–H groups in total. The largest absolute Gasteiger partial charge is 0.356 e. The van der Waals surface area contributed by atoms with Crippen LogP contribution in [0.5, 0.6) is 0 Å². The summed E-state index contributed by atoms with van der Waals surface area (Å²) in [5.41, 5.74) is 1.55. The molecule has 0 bridgehead atoms. The summed E-state index contributed by atoms with van der Waals surface area (Å²) >= 11 is 5.88. The Hall–Kier alpha value is -2.14. The number of benzene rings is 1. The number of amides is 1. The van der Waals surface area contributed by atoms with Gasteiger partial charge in [-0.3, -0.25) is 4.79 Å². The van der Waals surface area contributed by atoms with E-state index >= 15 is 0 Å². The van der Waals surface area contributed by atoms with Crippen molar-refractivity contribution in [1.82, 2.24) is 15.3 Å². The molecule has 25 heavy (non-hydrogen) atoms. The number of nitrogens with zero attached hydrogens (tertiary/aromatic N) is 3. The number of halogens is 1. The van der Waals surface area contributed by atoms with Crippen LogP contribution in [0.2, 0.25) is 5.02 Å². The molecule has 1 aromatic carbocycles. The molecule has 2 aromatic rings. The summed E-state index contributed by atoms with van der Waals surface area (Å²) in [6, 6.07) is 9.43. The van der Waals surface area contributed by atoms with E-state index in [4.69, 9.17) is 11.6 Å². The maximum absolute atomic E-state index is 12.3. The van der Waals surface area contributed by atoms with Crippen molar-refractivity contribution in [1.29, 1.82) is 0 Å². The van der Waals surface area contributed by atoms with Crippen LogP contribution in [0.15, 0.2) is 36.7 Å². The predicted molar refractivity (Wildman–Crippen MR) is 100 cm³/mol. The lowest BCUT2D eigenvalue weighted by Gasteiger charge is -2.31. The van der Waals surface area contributed by atoms with Crippen LogP contribution in [0.3, 0.4) is 0 Å². The molecule has 1 aliphatic heterocycles. The van der Waals surface area contributed by atoms with Gasteiger partial charge >= 0.3 is 0 Å². The Balaban J connectivity index is 1.56. The molecule has 1 saturated heterocycles. The van der Waals surface area contributed by atoms with Gasteiger partial charge in [-0.05, 0) is 42.9 Å². The molecule has 1 atom stereocenters. The van der Waals surface area contributed by atoms with Crippen LogP contribution in [-0.4, -0.2) is 35.5 Å². The van der Waals surface area contributed by atoms with E-state index in [2.05, 4.69) is 27.1 Å². The molecule has 1 aromatic heterocycles. The molecule has 0 saturated carbocycles. The maximum atomic E-state index is 12.3. The van der Waals surface area contributed by atoms with Crippen LogP contribution in [0.1, 0.15) is 35.8 Å². The van der Waals surface area contributed by atoms with E-state index in [1.807, 2.05) is 24.3 Å². The number of hydrogen-bond donors (Lipinski definition) is 1. The molecular formula is C19H23ClN4O. The van der Waals surface area contributed by atoms with Crippen molar-refractivity contribution in [3.05, 3.63) is 52.9 Å². The van der Waals surface area contributed by atoms with Crippen molar-refractivity contribution in [3.8, 4) is 0 Å². The molecule has 6 heteroatoms. The average molecular weight is 359 g/mol. The maximum Gasteiger partial charge on any atom is 0.270 e. The molecule has 1 amide bonds. The number of aromatic nitrogens is 2. The summed E-state index contributed by atoms with van der Waals surface area (Å²) in [5, 5.41) is 3.64. The summed E-state index contributed by atoms with van der Waals surface area (Å²) in [5.74, 6) is 1.33. The van der Waals surface area contributed by atoms with Gasteiger partial charge < -0.3 is 10.2 Å². The highest BCUT2D eigenvalue weighted by atomic mass is 35.5. The fraction of sp³-hybridized carbons (Fsp3) is 0.421. The molecule has 132 valence electrons. The van der Waals surface area contributed by atoms with Crippen LogP contribution >= 0.6 is 11.6 Å². The van der Waals surface area contributed by atoms with Crippen molar-refractivity contribution in [2.75, 3.05) is 24.5 Å². The lowest BCUT2D eigenvalue weighted by atomic mass is 10.0. The van der Waals surface area contributed by atoms with E-state index in [9.17, 15) is 4.79 Å². The van der Waals surface area contributed by atoms with Gasteiger partial charge in [0.1, 0.15) is 17.8 Å². The lowest BCUT2D eigenvalue weighted by molar-refractivity contribution is 0.0949. The summed E-state index contributed by atoms with van der Waals surface area (Å²) in [7, 11) is 0. The Labute approximate surface area is 153 Å². The van der Waals surface area contributed by atoms with Gasteiger partial charge in [-0.2, -0.15) is 0 Å². The molecule has 5 nitrogen and oxygen atoms in total. The summed E-state index contributed by atoms with van der Waals surface area (Å²) in [6.07, 6.45) is 4.64. The smallest absolute Gasteiger partial charge is 0.270 e. The first kappa shape index (κ1) is 17.7. The average Bonchev–Trinajstić information content (AvgIpc) is 2.63. The normalized spacial score (nSPS) is 17.4. The topological polar surface area (TPSA) is 58.1 Å². The van der Waals surface area contributed by atoms with Crippen molar-refractivity contribution in [2.45, 2.75) is 26.2 Å². The summed E-state index contributed by atoms with van der Waals surface area (Å²) in [4.78, 5) is 23.0. The second-order valence-electron chi connectivity index (χ2n) is 6.59. The first-order chi connectivity index (χ1) is 12.1. The fourth-order valence-electron chi connectivity index (χ4n) is 3.10. The van der Waals surface area contributed by atoms with E-state index in [1.54, 1.807) is 6.07 Å². The molecule has 2 heterocycles. The molecule has 3 rings (SSSR count). The van der Waals surface area contributed by atoms with Gasteiger partial charge in [0.15, 0.2) is 0 Å². The quantitative estimate of drug-likeness (QED) is 0.890. The zero-order valence-electron chi connectivity index (χ0n) is 14.4. The van der Waals surface area contributed by atoms with Crippen molar-refractivity contribution in [3.63, 3.8) is 0 Å². The van der Waals surface area contributed by atoms with Crippen molar-refractivity contribution < 1.29 is 4.79 Å². The number of piperidine rings is 1. The van der Waals surface area contributed by atoms with Crippen molar-refractivity contribution >= 4 is 23.3 Å². The van der Waals surface area contributed by atoms with Crippen molar-refractivity contribution in [2.24, 2.45) is 5.92 Å². The molecular weight excluding hydrogens is 336 g/mol. The number of nitrogens with one attached hydrogen (secondary N) is 1. The van der Waals surface area contributed by atoms with Crippen LogP contribution < -0.4 is 10.2 Å².